The van der Waals surface area contributed by atoms with Crippen LogP contribution in [-0.2, 0) is 15.1 Å². The van der Waals surface area contributed by atoms with Gasteiger partial charge in [-0.2, -0.15) is 0 Å². The van der Waals surface area contributed by atoms with Gasteiger partial charge in [0.1, 0.15) is 24.7 Å². The quantitative estimate of drug-likeness (QED) is 0.798. The predicted octanol–water partition coefficient (Wildman–Crippen LogP) is 2.80. The normalized spacial score (nSPS) is 19.1. The molecule has 5 nitrogen and oxygen atoms in total. The first-order chi connectivity index (χ1) is 11.6. The van der Waals surface area contributed by atoms with Gasteiger partial charge in [0.05, 0.1) is 0 Å². The van der Waals surface area contributed by atoms with Crippen LogP contribution in [0.2, 0.25) is 0 Å². The highest BCUT2D eigenvalue weighted by atomic mass is 16.5. The lowest BCUT2D eigenvalue weighted by Crippen LogP contribution is -2.37. The van der Waals surface area contributed by atoms with Crippen molar-refractivity contribution in [2.45, 2.75) is 12.0 Å². The zero-order valence-electron chi connectivity index (χ0n) is 13.0. The van der Waals surface area contributed by atoms with Crippen molar-refractivity contribution in [3.05, 3.63) is 71.8 Å². The Hall–Kier alpha value is -2.79. The van der Waals surface area contributed by atoms with Crippen molar-refractivity contribution in [1.29, 1.82) is 0 Å². The number of carbonyl (C=O) groups is 1. The Labute approximate surface area is 139 Å². The molecule has 2 aromatic rings. The summed E-state index contributed by atoms with van der Waals surface area (Å²) in [6.07, 6.45) is 1.58. The van der Waals surface area contributed by atoms with Crippen LogP contribution in [0.1, 0.15) is 17.5 Å². The van der Waals surface area contributed by atoms with Crippen LogP contribution in [0.4, 0.5) is 0 Å². The number of carboxylic acids is 1. The summed E-state index contributed by atoms with van der Waals surface area (Å²) in [4.78, 5) is 11.4. The molecule has 124 valence electrons. The topological polar surface area (TPSA) is 76.0 Å². The molecule has 3 rings (SSSR count). The minimum absolute atomic E-state index is 0.0335. The van der Waals surface area contributed by atoms with Gasteiger partial charge in [-0.05, 0) is 18.2 Å². The van der Waals surface area contributed by atoms with Crippen LogP contribution in [0.15, 0.2) is 60.7 Å². The predicted molar refractivity (Wildman–Crippen MR) is 88.5 cm³/mol. The molecule has 1 aliphatic rings. The summed E-state index contributed by atoms with van der Waals surface area (Å²) < 4.78 is 11.3. The van der Waals surface area contributed by atoms with Crippen molar-refractivity contribution < 1.29 is 24.5 Å². The maximum atomic E-state index is 11.4. The molecule has 2 N–H and O–H groups in total. The monoisotopic (exact) mass is 326 g/mol. The van der Waals surface area contributed by atoms with Crippen molar-refractivity contribution in [2.75, 3.05) is 13.2 Å². The lowest BCUT2D eigenvalue weighted by molar-refractivity contribution is -0.159. The molecule has 0 aromatic heterocycles. The van der Waals surface area contributed by atoms with Crippen LogP contribution in [0.25, 0.3) is 5.76 Å². The Morgan fingerprint density at radius 2 is 1.67 bits per heavy atom. The third-order valence-electron chi connectivity index (χ3n) is 3.93. The average molecular weight is 326 g/mol. The number of para-hydroxylation sites is 1. The Morgan fingerprint density at radius 3 is 2.42 bits per heavy atom. The smallest absolute Gasteiger partial charge is 0.340 e. The van der Waals surface area contributed by atoms with E-state index < -0.39 is 11.6 Å². The van der Waals surface area contributed by atoms with Crippen LogP contribution < -0.4 is 4.74 Å². The molecule has 0 heterocycles. The third kappa shape index (κ3) is 3.12. The number of hydrogen-bond acceptors (Lipinski definition) is 4. The van der Waals surface area contributed by atoms with Crippen LogP contribution in [-0.4, -0.2) is 29.4 Å². The second-order valence-corrected chi connectivity index (χ2v) is 5.49. The van der Waals surface area contributed by atoms with Crippen LogP contribution in [0.5, 0.6) is 5.75 Å². The first kappa shape index (κ1) is 16.1. The van der Waals surface area contributed by atoms with E-state index in [0.29, 0.717) is 30.1 Å². The van der Waals surface area contributed by atoms with Gasteiger partial charge in [0.15, 0.2) is 5.60 Å². The number of fused-ring (bicyclic) bond motifs is 1. The van der Waals surface area contributed by atoms with Crippen molar-refractivity contribution >= 4 is 11.7 Å². The first-order valence-electron chi connectivity index (χ1n) is 7.68. The molecule has 1 aliphatic carbocycles. The molecule has 24 heavy (non-hydrogen) atoms. The van der Waals surface area contributed by atoms with Gasteiger partial charge >= 0.3 is 5.97 Å². The molecule has 2 aromatic carbocycles. The van der Waals surface area contributed by atoms with E-state index in [1.807, 2.05) is 30.3 Å². The molecule has 1 atom stereocenters. The van der Waals surface area contributed by atoms with E-state index in [9.17, 15) is 15.0 Å². The van der Waals surface area contributed by atoms with Gasteiger partial charge in [-0.25, -0.2) is 4.79 Å². The fourth-order valence-corrected chi connectivity index (χ4v) is 2.69. The molecule has 0 fully saturated rings. The maximum absolute atomic E-state index is 11.4. The van der Waals surface area contributed by atoms with E-state index in [2.05, 4.69) is 0 Å². The van der Waals surface area contributed by atoms with Gasteiger partial charge in [0, 0.05) is 17.5 Å². The molecule has 5 heteroatoms. The average Bonchev–Trinajstić information content (AvgIpc) is 2.61. The number of aliphatic carboxylic acids is 1. The number of rotatable bonds is 6. The van der Waals surface area contributed by atoms with E-state index in [-0.39, 0.29) is 6.42 Å². The zero-order valence-corrected chi connectivity index (χ0v) is 13.0. The molecule has 0 saturated heterocycles. The summed E-state index contributed by atoms with van der Waals surface area (Å²) in [5.74, 6) is 0.0604. The Morgan fingerprint density at radius 1 is 1.00 bits per heavy atom. The second kappa shape index (κ2) is 6.76. The highest BCUT2D eigenvalue weighted by Gasteiger charge is 2.42. The molecule has 0 aliphatic heterocycles. The molecule has 0 spiro atoms. The molecule has 0 amide bonds. The molecule has 0 radical (unpaired) electrons. The fraction of sp³-hybridized carbons (Fsp3) is 0.211. The van der Waals surface area contributed by atoms with Gasteiger partial charge in [0.25, 0.3) is 0 Å². The van der Waals surface area contributed by atoms with E-state index in [1.165, 1.54) is 0 Å². The van der Waals surface area contributed by atoms with Crippen LogP contribution in [0.3, 0.4) is 0 Å². The maximum Gasteiger partial charge on any atom is 0.340 e. The number of hydrogen-bond donors (Lipinski definition) is 2. The number of carboxylic acid groups (broad SMARTS) is 1. The van der Waals surface area contributed by atoms with Crippen LogP contribution in [0, 0.1) is 0 Å². The Bertz CT molecular complexity index is 753. The van der Waals surface area contributed by atoms with E-state index in [0.717, 1.165) is 5.75 Å². The Kier molecular flexibility index (Phi) is 4.53. The summed E-state index contributed by atoms with van der Waals surface area (Å²) in [6.45, 7) is 0.688. The third-order valence-corrected chi connectivity index (χ3v) is 3.93. The molecule has 0 bridgehead atoms. The molecular weight excluding hydrogens is 308 g/mol. The van der Waals surface area contributed by atoms with Crippen molar-refractivity contribution in [3.63, 3.8) is 0 Å². The van der Waals surface area contributed by atoms with E-state index in [4.69, 9.17) is 9.47 Å². The summed E-state index contributed by atoms with van der Waals surface area (Å²) in [5.41, 5.74) is -0.975. The van der Waals surface area contributed by atoms with Gasteiger partial charge in [-0.15, -0.1) is 0 Å². The minimum Gasteiger partial charge on any atom is -0.490 e. The molecular formula is C19H18O5. The molecule has 1 unspecified atom stereocenters. The van der Waals surface area contributed by atoms with Crippen LogP contribution >= 0.6 is 0 Å². The van der Waals surface area contributed by atoms with Crippen molar-refractivity contribution in [1.82, 2.24) is 0 Å². The second-order valence-electron chi connectivity index (χ2n) is 5.49. The number of benzene rings is 2. The summed E-state index contributed by atoms with van der Waals surface area (Å²) in [7, 11) is 0. The lowest BCUT2D eigenvalue weighted by Gasteiger charge is -2.30. The summed E-state index contributed by atoms with van der Waals surface area (Å²) in [6, 6.07) is 16.3. The summed E-state index contributed by atoms with van der Waals surface area (Å²) >= 11 is 0. The molecule has 0 saturated carbocycles. The number of ether oxygens (including phenoxy) is 2. The SMILES string of the molecule is O=C(O)C1(O)CC=C(OCCOc2ccccc2)c2ccccc21. The highest BCUT2D eigenvalue weighted by molar-refractivity contribution is 5.84. The largest absolute Gasteiger partial charge is 0.490 e. The lowest BCUT2D eigenvalue weighted by atomic mass is 9.82. The standard InChI is InChI=1S/C19H18O5/c20-18(21)19(22)11-10-17(15-8-4-5-9-16(15)19)24-13-12-23-14-6-2-1-3-7-14/h1-10,22H,11-13H2,(H,20,21). The first-order valence-corrected chi connectivity index (χ1v) is 7.68. The van der Waals surface area contributed by atoms with Gasteiger partial charge in [0.2, 0.25) is 0 Å². The minimum atomic E-state index is -1.91. The summed E-state index contributed by atoms with van der Waals surface area (Å²) in [5, 5.41) is 19.7. The van der Waals surface area contributed by atoms with Crippen molar-refractivity contribution in [3.8, 4) is 5.75 Å². The number of aliphatic hydroxyl groups is 1. The highest BCUT2D eigenvalue weighted by Crippen LogP contribution is 2.38. The van der Waals surface area contributed by atoms with Gasteiger partial charge < -0.3 is 19.7 Å². The van der Waals surface area contributed by atoms with E-state index >= 15 is 0 Å². The fourth-order valence-electron chi connectivity index (χ4n) is 2.69. The van der Waals surface area contributed by atoms with Crippen molar-refractivity contribution in [2.24, 2.45) is 0 Å². The van der Waals surface area contributed by atoms with Gasteiger partial charge in [-0.1, -0.05) is 42.5 Å². The Balaban J connectivity index is 1.67. The van der Waals surface area contributed by atoms with Gasteiger partial charge in [-0.3, -0.25) is 0 Å². The van der Waals surface area contributed by atoms with E-state index in [1.54, 1.807) is 30.3 Å². The zero-order chi connectivity index (χ0) is 17.0.